The lowest BCUT2D eigenvalue weighted by Gasteiger charge is -2.28. The van der Waals surface area contributed by atoms with Crippen LogP contribution in [0.25, 0.3) is 0 Å². The second-order valence-corrected chi connectivity index (χ2v) is 6.85. The molecule has 2 unspecified atom stereocenters. The molecular weight excluding hydrogens is 308 g/mol. The minimum Gasteiger partial charge on any atom is -0.465 e. The Hall–Kier alpha value is -0.780. The monoisotopic (exact) mass is 328 g/mol. The third kappa shape index (κ3) is 4.11. The molecule has 116 valence electrons. The maximum atomic E-state index is 12.1. The highest BCUT2D eigenvalue weighted by Crippen LogP contribution is 2.38. The fourth-order valence-corrected chi connectivity index (χ4v) is 3.81. The van der Waals surface area contributed by atoms with E-state index in [-0.39, 0.29) is 11.9 Å². The van der Waals surface area contributed by atoms with E-state index in [1.54, 1.807) is 18.0 Å². The number of halogens is 1. The Morgan fingerprint density at radius 1 is 1.62 bits per heavy atom. The molecule has 2 N–H and O–H groups in total. The number of nitrogens with two attached hydrogens (primary N) is 1. The van der Waals surface area contributed by atoms with Gasteiger partial charge >= 0.3 is 5.97 Å². The summed E-state index contributed by atoms with van der Waals surface area (Å²) in [7, 11) is 0. The first-order valence-corrected chi connectivity index (χ1v) is 8.63. The van der Waals surface area contributed by atoms with E-state index < -0.39 is 5.54 Å². The van der Waals surface area contributed by atoms with Gasteiger partial charge in [-0.3, -0.25) is 4.79 Å². The number of thioether (sulfide) groups is 1. The zero-order valence-electron chi connectivity index (χ0n) is 12.2. The van der Waals surface area contributed by atoms with Gasteiger partial charge in [0.1, 0.15) is 5.54 Å². The third-order valence-electron chi connectivity index (χ3n) is 3.94. The van der Waals surface area contributed by atoms with Crippen LogP contribution in [0.4, 0.5) is 0 Å². The van der Waals surface area contributed by atoms with E-state index in [0.717, 1.165) is 36.5 Å². The number of carbonyl (C=O) groups is 1. The van der Waals surface area contributed by atoms with Gasteiger partial charge in [-0.1, -0.05) is 18.0 Å². The lowest BCUT2D eigenvalue weighted by Crippen LogP contribution is -2.52. The Balaban J connectivity index is 1.87. The van der Waals surface area contributed by atoms with Gasteiger partial charge in [0.05, 0.1) is 16.7 Å². The van der Waals surface area contributed by atoms with Crippen molar-refractivity contribution in [1.29, 1.82) is 0 Å². The van der Waals surface area contributed by atoms with Crippen LogP contribution in [0.3, 0.4) is 0 Å². The van der Waals surface area contributed by atoms with Crippen LogP contribution in [-0.4, -0.2) is 28.9 Å². The topological polar surface area (TPSA) is 65.2 Å². The van der Waals surface area contributed by atoms with Crippen LogP contribution in [0, 0.1) is 5.92 Å². The lowest BCUT2D eigenvalue weighted by molar-refractivity contribution is -0.151. The van der Waals surface area contributed by atoms with Gasteiger partial charge in [-0.2, -0.15) is 0 Å². The van der Waals surface area contributed by atoms with Crippen molar-refractivity contribution in [2.45, 2.75) is 43.2 Å². The van der Waals surface area contributed by atoms with Crippen LogP contribution in [-0.2, 0) is 9.53 Å². The molecule has 21 heavy (non-hydrogen) atoms. The summed E-state index contributed by atoms with van der Waals surface area (Å²) in [5, 5.41) is 1.58. The third-order valence-corrected chi connectivity index (χ3v) is 5.14. The molecule has 1 aromatic heterocycles. The number of nitrogens with zero attached hydrogens (tertiary/aromatic N) is 1. The van der Waals surface area contributed by atoms with Crippen molar-refractivity contribution >= 4 is 29.3 Å². The molecule has 0 aliphatic heterocycles. The first kappa shape index (κ1) is 16.6. The van der Waals surface area contributed by atoms with Crippen LogP contribution in [0.1, 0.15) is 32.6 Å². The van der Waals surface area contributed by atoms with E-state index in [0.29, 0.717) is 11.6 Å². The Labute approximate surface area is 134 Å². The molecule has 1 saturated carbocycles. The quantitative estimate of drug-likeness (QED) is 0.641. The van der Waals surface area contributed by atoms with Gasteiger partial charge in [0.2, 0.25) is 0 Å². The lowest BCUT2D eigenvalue weighted by atomic mass is 9.86. The van der Waals surface area contributed by atoms with Crippen molar-refractivity contribution < 1.29 is 9.53 Å². The molecule has 0 aromatic carbocycles. The number of aromatic nitrogens is 1. The maximum absolute atomic E-state index is 12.1. The number of ether oxygens (including phenoxy) is 1. The van der Waals surface area contributed by atoms with E-state index in [4.69, 9.17) is 22.1 Å². The SMILES string of the molecule is CCOC(=O)C1(N)CCCC1CCSc1ccc(Cl)cn1. The first-order chi connectivity index (χ1) is 10.1. The fraction of sp³-hybridized carbons (Fsp3) is 0.600. The van der Waals surface area contributed by atoms with E-state index >= 15 is 0 Å². The number of hydrogen-bond donors (Lipinski definition) is 1. The first-order valence-electron chi connectivity index (χ1n) is 7.26. The summed E-state index contributed by atoms with van der Waals surface area (Å²) in [5.74, 6) is 0.830. The van der Waals surface area contributed by atoms with Gasteiger partial charge in [0, 0.05) is 6.20 Å². The smallest absolute Gasteiger partial charge is 0.326 e. The summed E-state index contributed by atoms with van der Waals surface area (Å²) in [6.07, 6.45) is 5.24. The van der Waals surface area contributed by atoms with Crippen molar-refractivity contribution in [3.63, 3.8) is 0 Å². The number of hydrogen-bond acceptors (Lipinski definition) is 5. The molecular formula is C15H21ClN2O2S. The van der Waals surface area contributed by atoms with E-state index in [2.05, 4.69) is 4.98 Å². The van der Waals surface area contributed by atoms with E-state index in [1.165, 1.54) is 0 Å². The standard InChI is InChI=1S/C15H21ClN2O2S/c1-2-20-14(19)15(17)8-3-4-11(15)7-9-21-13-6-5-12(16)10-18-13/h5-6,10-11H,2-4,7-9,17H2,1H3. The molecule has 1 aliphatic rings. The van der Waals surface area contributed by atoms with Gasteiger partial charge in [0.15, 0.2) is 0 Å². The highest BCUT2D eigenvalue weighted by Gasteiger charge is 2.46. The summed E-state index contributed by atoms with van der Waals surface area (Å²) in [6, 6.07) is 3.74. The summed E-state index contributed by atoms with van der Waals surface area (Å²) in [5.41, 5.74) is 5.51. The second kappa shape index (κ2) is 7.47. The fourth-order valence-electron chi connectivity index (χ4n) is 2.79. The molecule has 0 spiro atoms. The van der Waals surface area contributed by atoms with Crippen LogP contribution >= 0.6 is 23.4 Å². The van der Waals surface area contributed by atoms with Crippen LogP contribution in [0.15, 0.2) is 23.4 Å². The maximum Gasteiger partial charge on any atom is 0.326 e. The number of pyridine rings is 1. The molecule has 1 heterocycles. The average Bonchev–Trinajstić information content (AvgIpc) is 2.84. The minimum absolute atomic E-state index is 0.191. The van der Waals surface area contributed by atoms with Gasteiger partial charge < -0.3 is 10.5 Å². The molecule has 0 bridgehead atoms. The van der Waals surface area contributed by atoms with Gasteiger partial charge in [-0.25, -0.2) is 4.98 Å². The molecule has 4 nitrogen and oxygen atoms in total. The summed E-state index contributed by atoms with van der Waals surface area (Å²) in [4.78, 5) is 16.3. The van der Waals surface area contributed by atoms with Crippen LogP contribution < -0.4 is 5.73 Å². The zero-order chi connectivity index (χ0) is 15.3. The Bertz CT molecular complexity index is 483. The predicted octanol–water partition coefficient (Wildman–Crippen LogP) is 3.28. The summed E-state index contributed by atoms with van der Waals surface area (Å²) >= 11 is 7.48. The molecule has 6 heteroatoms. The minimum atomic E-state index is -0.802. The molecule has 0 saturated heterocycles. The molecule has 0 amide bonds. The average molecular weight is 329 g/mol. The molecule has 1 aromatic rings. The number of esters is 1. The van der Waals surface area contributed by atoms with Gasteiger partial charge in [-0.05, 0) is 50.0 Å². The Morgan fingerprint density at radius 2 is 2.43 bits per heavy atom. The highest BCUT2D eigenvalue weighted by molar-refractivity contribution is 7.99. The van der Waals surface area contributed by atoms with Crippen molar-refractivity contribution in [3.05, 3.63) is 23.4 Å². The normalized spacial score (nSPS) is 25.0. The van der Waals surface area contributed by atoms with Crippen molar-refractivity contribution in [2.24, 2.45) is 11.7 Å². The van der Waals surface area contributed by atoms with Crippen molar-refractivity contribution in [3.8, 4) is 0 Å². The van der Waals surface area contributed by atoms with Gasteiger partial charge in [-0.15, -0.1) is 11.8 Å². The van der Waals surface area contributed by atoms with Crippen molar-refractivity contribution in [1.82, 2.24) is 4.98 Å². The summed E-state index contributed by atoms with van der Waals surface area (Å²) < 4.78 is 5.14. The van der Waals surface area contributed by atoms with Gasteiger partial charge in [0.25, 0.3) is 0 Å². The highest BCUT2D eigenvalue weighted by atomic mass is 35.5. The number of rotatable bonds is 6. The molecule has 1 aliphatic carbocycles. The number of carbonyl (C=O) groups excluding carboxylic acids is 1. The van der Waals surface area contributed by atoms with Crippen LogP contribution in [0.2, 0.25) is 5.02 Å². The predicted molar refractivity (Wildman–Crippen MR) is 85.5 cm³/mol. The van der Waals surface area contributed by atoms with Crippen molar-refractivity contribution in [2.75, 3.05) is 12.4 Å². The Kier molecular flexibility index (Phi) is 5.90. The van der Waals surface area contributed by atoms with E-state index in [1.807, 2.05) is 19.1 Å². The second-order valence-electron chi connectivity index (χ2n) is 5.30. The largest absolute Gasteiger partial charge is 0.465 e. The van der Waals surface area contributed by atoms with E-state index in [9.17, 15) is 4.79 Å². The zero-order valence-corrected chi connectivity index (χ0v) is 13.8. The molecule has 1 fully saturated rings. The molecule has 2 rings (SSSR count). The molecule has 2 atom stereocenters. The Morgan fingerprint density at radius 3 is 3.10 bits per heavy atom. The summed E-state index contributed by atoms with van der Waals surface area (Å²) in [6.45, 7) is 2.20. The van der Waals surface area contributed by atoms with Crippen LogP contribution in [0.5, 0.6) is 0 Å². The molecule has 0 radical (unpaired) electrons.